The van der Waals surface area contributed by atoms with E-state index in [1.165, 1.54) is 11.6 Å². The van der Waals surface area contributed by atoms with Gasteiger partial charge in [-0.2, -0.15) is 0 Å². The molecule has 18 heavy (non-hydrogen) atoms. The van der Waals surface area contributed by atoms with Crippen LogP contribution in [0.5, 0.6) is 0 Å². The summed E-state index contributed by atoms with van der Waals surface area (Å²) < 4.78 is 11.8. The Bertz CT molecular complexity index is 445. The van der Waals surface area contributed by atoms with E-state index in [1.807, 2.05) is 0 Å². The molecule has 96 valence electrons. The van der Waals surface area contributed by atoms with Gasteiger partial charge in [0.2, 0.25) is 0 Å². The van der Waals surface area contributed by atoms with E-state index < -0.39 is 17.1 Å². The van der Waals surface area contributed by atoms with Crippen LogP contribution in [0.15, 0.2) is 53.5 Å². The van der Waals surface area contributed by atoms with Crippen molar-refractivity contribution in [2.75, 3.05) is 5.75 Å². The lowest BCUT2D eigenvalue weighted by molar-refractivity contribution is -0.124. The monoisotopic (exact) mass is 285 g/mol. The van der Waals surface area contributed by atoms with Gasteiger partial charge >= 0.3 is 0 Å². The average Bonchev–Trinajstić information content (AvgIpc) is 2.38. The first-order valence-corrected chi connectivity index (χ1v) is 6.74. The summed E-state index contributed by atoms with van der Waals surface area (Å²) in [6, 6.07) is 6.79. The van der Waals surface area contributed by atoms with Gasteiger partial charge in [0.05, 0.1) is 0 Å². The van der Waals surface area contributed by atoms with Crippen molar-refractivity contribution in [2.45, 2.75) is 4.90 Å². The third kappa shape index (κ3) is 5.37. The molecule has 0 aliphatic carbocycles. The predicted octanol–water partition coefficient (Wildman–Crippen LogP) is 2.07. The van der Waals surface area contributed by atoms with Gasteiger partial charge < -0.3 is 4.55 Å². The SMILES string of the molecule is O=C(C=CC=CC[S+]([O-])c1ccc(Cl)cc1)NO. The maximum absolute atomic E-state index is 11.8. The van der Waals surface area contributed by atoms with Gasteiger partial charge in [-0.05, 0) is 41.5 Å². The van der Waals surface area contributed by atoms with Crippen LogP contribution in [-0.4, -0.2) is 21.4 Å². The van der Waals surface area contributed by atoms with Gasteiger partial charge in [-0.25, -0.2) is 5.48 Å². The van der Waals surface area contributed by atoms with Crippen LogP contribution in [-0.2, 0) is 16.0 Å². The number of hydrogen-bond acceptors (Lipinski definition) is 3. The molecule has 0 aliphatic heterocycles. The van der Waals surface area contributed by atoms with Crippen LogP contribution in [0.1, 0.15) is 0 Å². The van der Waals surface area contributed by atoms with Crippen LogP contribution in [0, 0.1) is 0 Å². The molecule has 0 radical (unpaired) electrons. The summed E-state index contributed by atoms with van der Waals surface area (Å²) in [5.74, 6) is -0.273. The summed E-state index contributed by atoms with van der Waals surface area (Å²) in [7, 11) is 0. The van der Waals surface area contributed by atoms with Crippen LogP contribution in [0.4, 0.5) is 0 Å². The Labute approximate surface area is 113 Å². The second-order valence-electron chi connectivity index (χ2n) is 3.23. The highest BCUT2D eigenvalue weighted by Gasteiger charge is 2.07. The van der Waals surface area contributed by atoms with Crippen LogP contribution in [0.3, 0.4) is 0 Å². The third-order valence-electron chi connectivity index (χ3n) is 1.93. The zero-order valence-electron chi connectivity index (χ0n) is 9.38. The molecule has 0 heterocycles. The van der Waals surface area contributed by atoms with Crippen molar-refractivity contribution in [3.8, 4) is 0 Å². The molecule has 0 aromatic heterocycles. The lowest BCUT2D eigenvalue weighted by Crippen LogP contribution is -2.14. The molecule has 0 saturated heterocycles. The first-order chi connectivity index (χ1) is 8.63. The summed E-state index contributed by atoms with van der Waals surface area (Å²) in [6.07, 6.45) is 5.86. The van der Waals surface area contributed by atoms with Crippen molar-refractivity contribution in [1.29, 1.82) is 0 Å². The Balaban J connectivity index is 2.43. The quantitative estimate of drug-likeness (QED) is 0.286. The summed E-state index contributed by atoms with van der Waals surface area (Å²) in [6.45, 7) is 0. The van der Waals surface area contributed by atoms with Crippen molar-refractivity contribution in [3.63, 3.8) is 0 Å². The van der Waals surface area contributed by atoms with E-state index in [1.54, 1.807) is 36.4 Å². The second-order valence-corrected chi connectivity index (χ2v) is 5.16. The zero-order valence-corrected chi connectivity index (χ0v) is 10.9. The number of rotatable bonds is 5. The fraction of sp³-hybridized carbons (Fsp3) is 0.0833. The van der Waals surface area contributed by atoms with E-state index in [9.17, 15) is 9.35 Å². The summed E-state index contributed by atoms with van der Waals surface area (Å²) in [5.41, 5.74) is 1.46. The van der Waals surface area contributed by atoms with Crippen LogP contribution in [0.2, 0.25) is 5.02 Å². The fourth-order valence-corrected chi connectivity index (χ4v) is 2.13. The highest BCUT2D eigenvalue weighted by atomic mass is 35.5. The van der Waals surface area contributed by atoms with Gasteiger partial charge in [-0.15, -0.1) is 0 Å². The average molecular weight is 286 g/mol. The van der Waals surface area contributed by atoms with E-state index in [0.717, 1.165) is 6.08 Å². The van der Waals surface area contributed by atoms with Crippen molar-refractivity contribution in [2.24, 2.45) is 0 Å². The number of nitrogens with one attached hydrogen (secondary N) is 1. The van der Waals surface area contributed by atoms with Gasteiger partial charge in [0, 0.05) is 11.1 Å². The topological polar surface area (TPSA) is 72.4 Å². The maximum Gasteiger partial charge on any atom is 0.267 e. The molecule has 6 heteroatoms. The summed E-state index contributed by atoms with van der Waals surface area (Å²) in [5, 5.41) is 8.82. The fourth-order valence-electron chi connectivity index (χ4n) is 1.08. The van der Waals surface area contributed by atoms with Gasteiger partial charge in [0.1, 0.15) is 5.75 Å². The lowest BCUT2D eigenvalue weighted by Gasteiger charge is -2.07. The normalized spacial score (nSPS) is 13.1. The first kappa shape index (κ1) is 14.8. The predicted molar refractivity (Wildman–Crippen MR) is 70.9 cm³/mol. The highest BCUT2D eigenvalue weighted by molar-refractivity contribution is 7.91. The Morgan fingerprint density at radius 2 is 2.06 bits per heavy atom. The number of amides is 1. The molecular weight excluding hydrogens is 274 g/mol. The van der Waals surface area contributed by atoms with Crippen LogP contribution in [0.25, 0.3) is 0 Å². The van der Waals surface area contributed by atoms with Gasteiger partial charge in [0.15, 0.2) is 4.90 Å². The first-order valence-electron chi connectivity index (χ1n) is 5.04. The summed E-state index contributed by atoms with van der Waals surface area (Å²) in [4.78, 5) is 11.3. The van der Waals surface area contributed by atoms with E-state index >= 15 is 0 Å². The van der Waals surface area contributed by atoms with Crippen molar-refractivity contribution >= 4 is 28.7 Å². The second kappa shape index (κ2) is 7.94. The smallest absolute Gasteiger partial charge is 0.267 e. The van der Waals surface area contributed by atoms with E-state index in [2.05, 4.69) is 0 Å². The van der Waals surface area contributed by atoms with Crippen molar-refractivity contribution in [3.05, 3.63) is 53.6 Å². The standard InChI is InChI=1S/C12H12ClNO3S/c13-10-5-7-11(8-6-10)18(17)9-3-1-2-4-12(15)14-16/h1-8,16H,9H2,(H,14,15). The van der Waals surface area contributed by atoms with E-state index in [4.69, 9.17) is 16.8 Å². The minimum Gasteiger partial charge on any atom is -0.611 e. The van der Waals surface area contributed by atoms with Crippen LogP contribution < -0.4 is 5.48 Å². The summed E-state index contributed by atoms with van der Waals surface area (Å²) >= 11 is 4.59. The van der Waals surface area contributed by atoms with E-state index in [0.29, 0.717) is 15.7 Å². The van der Waals surface area contributed by atoms with Crippen molar-refractivity contribution < 1.29 is 14.6 Å². The highest BCUT2D eigenvalue weighted by Crippen LogP contribution is 2.15. The molecule has 0 bridgehead atoms. The Morgan fingerprint density at radius 1 is 1.39 bits per heavy atom. The molecule has 1 aromatic rings. The Morgan fingerprint density at radius 3 is 2.67 bits per heavy atom. The molecule has 1 amide bonds. The number of carbonyl (C=O) groups is 1. The van der Waals surface area contributed by atoms with Gasteiger partial charge in [-0.3, -0.25) is 10.0 Å². The molecule has 1 rings (SSSR count). The molecule has 1 atom stereocenters. The molecule has 0 aliphatic rings. The maximum atomic E-state index is 11.8. The van der Waals surface area contributed by atoms with E-state index in [-0.39, 0.29) is 0 Å². The van der Waals surface area contributed by atoms with Crippen LogP contribution >= 0.6 is 11.6 Å². The Hall–Kier alpha value is -1.27. The number of benzene rings is 1. The number of carbonyl (C=O) groups excluding carboxylic acids is 1. The molecule has 0 fully saturated rings. The minimum absolute atomic E-state index is 0.340. The molecule has 2 N–H and O–H groups in total. The number of allylic oxidation sites excluding steroid dienone is 2. The van der Waals surface area contributed by atoms with Gasteiger partial charge in [-0.1, -0.05) is 23.8 Å². The molecule has 0 saturated carbocycles. The third-order valence-corrected chi connectivity index (χ3v) is 3.47. The molecule has 1 aromatic carbocycles. The molecular formula is C12H12ClNO3S. The minimum atomic E-state index is -1.14. The number of hydrogen-bond donors (Lipinski definition) is 2. The molecule has 1 unspecified atom stereocenters. The lowest BCUT2D eigenvalue weighted by atomic mass is 10.4. The zero-order chi connectivity index (χ0) is 13.4. The van der Waals surface area contributed by atoms with Gasteiger partial charge in [0.25, 0.3) is 5.91 Å². The number of hydroxylamine groups is 1. The number of halogens is 1. The largest absolute Gasteiger partial charge is 0.611 e. The molecule has 0 spiro atoms. The molecule has 4 nitrogen and oxygen atoms in total. The van der Waals surface area contributed by atoms with Crippen molar-refractivity contribution in [1.82, 2.24) is 5.48 Å². The Kier molecular flexibility index (Phi) is 6.53.